The maximum Gasteiger partial charge on any atom is 0.399 e. The zero-order chi connectivity index (χ0) is 12.5. The van der Waals surface area contributed by atoms with Crippen molar-refractivity contribution >= 4 is 23.5 Å². The highest BCUT2D eigenvalue weighted by atomic mass is 79.9. The van der Waals surface area contributed by atoms with Gasteiger partial charge in [-0.2, -0.15) is 0 Å². The van der Waals surface area contributed by atoms with E-state index in [0.29, 0.717) is 21.5 Å². The van der Waals surface area contributed by atoms with Gasteiger partial charge in [0.2, 0.25) is 6.79 Å². The highest BCUT2D eigenvalue weighted by Crippen LogP contribution is 2.54. The van der Waals surface area contributed by atoms with Gasteiger partial charge in [-0.15, -0.1) is 9.46 Å². The normalized spacial score (nSPS) is 14.1. The van der Waals surface area contributed by atoms with E-state index in [-0.39, 0.29) is 6.79 Å². The number of halogens is 3. The predicted molar refractivity (Wildman–Crippen MR) is 56.0 cm³/mol. The van der Waals surface area contributed by atoms with E-state index >= 15 is 0 Å². The Bertz CT molecular complexity index is 475. The average Bonchev–Trinajstić information content (AvgIpc) is 2.76. The van der Waals surface area contributed by atoms with Crippen LogP contribution in [-0.4, -0.2) is 6.79 Å². The van der Waals surface area contributed by atoms with Gasteiger partial charge in [-0.3, -0.25) is 4.57 Å². The summed E-state index contributed by atoms with van der Waals surface area (Å²) < 4.78 is 51.8. The van der Waals surface area contributed by atoms with Gasteiger partial charge < -0.3 is 9.47 Å². The van der Waals surface area contributed by atoms with Gasteiger partial charge in [0.25, 0.3) is 0 Å². The Morgan fingerprint density at radius 2 is 1.88 bits per heavy atom. The summed E-state index contributed by atoms with van der Waals surface area (Å²) in [5, 5.41) is 0. The number of hydrogen-bond acceptors (Lipinski definition) is 5. The van der Waals surface area contributed by atoms with Crippen LogP contribution in [0, 0.1) is 0 Å². The third kappa shape index (κ3) is 2.60. The molecule has 0 aromatic heterocycles. The van der Waals surface area contributed by atoms with Crippen molar-refractivity contribution in [2.75, 3.05) is 6.79 Å². The van der Waals surface area contributed by atoms with Crippen LogP contribution in [0.5, 0.6) is 11.5 Å². The van der Waals surface area contributed by atoms with Gasteiger partial charge in [0.15, 0.2) is 11.5 Å². The summed E-state index contributed by atoms with van der Waals surface area (Å²) in [4.78, 5) is 0. The standard InChI is InChI=1S/C8H6BrF2O5P/c9-6-2-8-7(13-4-14-8)1-5(6)3-17(12,15-10)16-11/h1-2H,3-4H2. The van der Waals surface area contributed by atoms with E-state index in [9.17, 15) is 13.6 Å². The first-order chi connectivity index (χ1) is 8.08. The molecule has 94 valence electrons. The van der Waals surface area contributed by atoms with Crippen molar-refractivity contribution in [2.24, 2.45) is 0 Å². The van der Waals surface area contributed by atoms with Crippen LogP contribution in [0.3, 0.4) is 0 Å². The summed E-state index contributed by atoms with van der Waals surface area (Å²) in [6.07, 6.45) is -0.572. The van der Waals surface area contributed by atoms with Gasteiger partial charge in [0.05, 0.1) is 6.16 Å². The molecule has 2 rings (SSSR count). The van der Waals surface area contributed by atoms with Crippen LogP contribution in [0.4, 0.5) is 9.05 Å². The molecule has 1 aliphatic heterocycles. The summed E-state index contributed by atoms with van der Waals surface area (Å²) in [5.74, 6) is 0.880. The molecule has 0 fully saturated rings. The molecule has 1 aromatic rings. The van der Waals surface area contributed by atoms with E-state index in [1.165, 1.54) is 6.07 Å². The topological polar surface area (TPSA) is 54.0 Å². The van der Waals surface area contributed by atoms with Gasteiger partial charge >= 0.3 is 7.60 Å². The zero-order valence-corrected chi connectivity index (χ0v) is 10.7. The Labute approximate surface area is 103 Å². The van der Waals surface area contributed by atoms with Crippen LogP contribution in [0.15, 0.2) is 16.6 Å². The molecule has 0 unspecified atom stereocenters. The summed E-state index contributed by atoms with van der Waals surface area (Å²) in [7, 11) is -4.41. The van der Waals surface area contributed by atoms with Crippen LogP contribution < -0.4 is 9.47 Å². The average molecular weight is 331 g/mol. The second kappa shape index (κ2) is 4.89. The van der Waals surface area contributed by atoms with E-state index in [4.69, 9.17) is 9.47 Å². The second-order valence-corrected chi connectivity index (χ2v) is 5.87. The second-order valence-electron chi connectivity index (χ2n) is 3.20. The summed E-state index contributed by atoms with van der Waals surface area (Å²) in [6.45, 7) is 0.0576. The van der Waals surface area contributed by atoms with Gasteiger partial charge in [-0.25, -0.2) is 0 Å². The smallest absolute Gasteiger partial charge is 0.399 e. The molecule has 1 heterocycles. The third-order valence-electron chi connectivity index (χ3n) is 2.12. The fourth-order valence-corrected chi connectivity index (χ4v) is 2.83. The summed E-state index contributed by atoms with van der Waals surface area (Å²) in [5.41, 5.74) is 0.313. The number of rotatable bonds is 4. The molecule has 0 radical (unpaired) electrons. The molecule has 5 nitrogen and oxygen atoms in total. The lowest BCUT2D eigenvalue weighted by atomic mass is 10.2. The quantitative estimate of drug-likeness (QED) is 0.788. The van der Waals surface area contributed by atoms with Crippen molar-refractivity contribution in [1.29, 1.82) is 0 Å². The highest BCUT2D eigenvalue weighted by molar-refractivity contribution is 9.10. The number of ether oxygens (including phenoxy) is 2. The Hall–Kier alpha value is -0.690. The molecule has 0 aliphatic carbocycles. The van der Waals surface area contributed by atoms with E-state index in [1.807, 2.05) is 0 Å². The zero-order valence-electron chi connectivity index (χ0n) is 8.19. The Morgan fingerprint density at radius 1 is 1.29 bits per heavy atom. The first-order valence-corrected chi connectivity index (χ1v) is 6.88. The minimum Gasteiger partial charge on any atom is -0.454 e. The highest BCUT2D eigenvalue weighted by Gasteiger charge is 2.30. The summed E-state index contributed by atoms with van der Waals surface area (Å²) in [6, 6.07) is 2.98. The molecular formula is C8H6BrF2O5P. The van der Waals surface area contributed by atoms with Crippen LogP contribution in [0.25, 0.3) is 0 Å². The van der Waals surface area contributed by atoms with Crippen molar-refractivity contribution in [3.8, 4) is 11.5 Å². The minimum absolute atomic E-state index is 0.0576. The molecule has 0 saturated carbocycles. The Morgan fingerprint density at radius 3 is 2.47 bits per heavy atom. The summed E-state index contributed by atoms with van der Waals surface area (Å²) >= 11 is 3.15. The fraction of sp³-hybridized carbons (Fsp3) is 0.250. The molecular weight excluding hydrogens is 325 g/mol. The fourth-order valence-electron chi connectivity index (χ4n) is 1.35. The maximum absolute atomic E-state index is 11.9. The number of benzene rings is 1. The molecule has 0 amide bonds. The maximum atomic E-state index is 11.9. The van der Waals surface area contributed by atoms with Gasteiger partial charge in [0.1, 0.15) is 0 Å². The molecule has 0 N–H and O–H groups in total. The van der Waals surface area contributed by atoms with Gasteiger partial charge in [-0.05, 0) is 26.7 Å². The lowest BCUT2D eigenvalue weighted by molar-refractivity contribution is -0.0881. The van der Waals surface area contributed by atoms with Crippen LogP contribution in [-0.2, 0) is 20.2 Å². The molecule has 9 heteroatoms. The Balaban J connectivity index is 2.31. The lowest BCUT2D eigenvalue weighted by Gasteiger charge is -2.09. The minimum atomic E-state index is -4.41. The lowest BCUT2D eigenvalue weighted by Crippen LogP contribution is -1.93. The van der Waals surface area contributed by atoms with Crippen molar-refractivity contribution in [2.45, 2.75) is 6.16 Å². The van der Waals surface area contributed by atoms with Crippen LogP contribution in [0.1, 0.15) is 5.56 Å². The van der Waals surface area contributed by atoms with Crippen molar-refractivity contribution < 1.29 is 32.5 Å². The molecule has 17 heavy (non-hydrogen) atoms. The molecule has 1 aromatic carbocycles. The van der Waals surface area contributed by atoms with Gasteiger partial charge in [-0.1, -0.05) is 15.9 Å². The van der Waals surface area contributed by atoms with Crippen LogP contribution >= 0.6 is 23.5 Å². The number of hydrogen-bond donors (Lipinski definition) is 0. The van der Waals surface area contributed by atoms with Crippen LogP contribution in [0.2, 0.25) is 0 Å². The first kappa shape index (κ1) is 12.8. The largest absolute Gasteiger partial charge is 0.454 e. The molecule has 1 aliphatic rings. The van der Waals surface area contributed by atoms with Crippen molar-refractivity contribution in [3.05, 3.63) is 22.2 Å². The van der Waals surface area contributed by atoms with E-state index < -0.39 is 13.8 Å². The third-order valence-corrected chi connectivity index (χ3v) is 4.00. The predicted octanol–water partition coefficient (Wildman–Crippen LogP) is 3.67. The van der Waals surface area contributed by atoms with E-state index in [0.717, 1.165) is 0 Å². The SMILES string of the molecule is O=P(Cc1cc2c(cc1Br)OCO2)(OF)OF. The number of fused-ring (bicyclic) bond motifs is 1. The van der Waals surface area contributed by atoms with Crippen molar-refractivity contribution in [1.82, 2.24) is 0 Å². The molecule has 0 spiro atoms. The van der Waals surface area contributed by atoms with Gasteiger partial charge in [0, 0.05) is 4.47 Å². The first-order valence-electron chi connectivity index (χ1n) is 4.36. The van der Waals surface area contributed by atoms with Crippen molar-refractivity contribution in [3.63, 3.8) is 0 Å². The molecule has 0 saturated heterocycles. The van der Waals surface area contributed by atoms with E-state index in [2.05, 4.69) is 25.4 Å². The van der Waals surface area contributed by atoms with E-state index in [1.54, 1.807) is 6.07 Å². The monoisotopic (exact) mass is 330 g/mol. The molecule has 0 bridgehead atoms. The molecule has 0 atom stereocenters. The Kier molecular flexibility index (Phi) is 3.67.